The molecule has 1 aromatic rings. The third-order valence-electron chi connectivity index (χ3n) is 6.24. The SMILES string of the molecule is CN=C(NCc1cn(C)nc1C(F)(F)F)NCC1(N2CCCCC2)CCCCC1. The van der Waals surface area contributed by atoms with Crippen LogP contribution in [0.1, 0.15) is 62.6 Å². The number of aryl methyl sites for hydroxylation is 1. The van der Waals surface area contributed by atoms with Crippen molar-refractivity contribution in [3.8, 4) is 0 Å². The van der Waals surface area contributed by atoms with Gasteiger partial charge in [0.15, 0.2) is 11.7 Å². The highest BCUT2D eigenvalue weighted by molar-refractivity contribution is 5.79. The minimum Gasteiger partial charge on any atom is -0.355 e. The van der Waals surface area contributed by atoms with E-state index < -0.39 is 11.9 Å². The summed E-state index contributed by atoms with van der Waals surface area (Å²) in [5.74, 6) is 0.531. The number of alkyl halides is 3. The Hall–Kier alpha value is -1.77. The highest BCUT2D eigenvalue weighted by atomic mass is 19.4. The van der Waals surface area contributed by atoms with Crippen molar-refractivity contribution in [3.05, 3.63) is 17.5 Å². The monoisotopic (exact) mass is 414 g/mol. The molecule has 2 heterocycles. The van der Waals surface area contributed by atoms with Crippen molar-refractivity contribution in [1.82, 2.24) is 25.3 Å². The lowest BCUT2D eigenvalue weighted by molar-refractivity contribution is -0.142. The molecule has 2 aliphatic rings. The molecule has 0 atom stereocenters. The molecule has 1 aromatic heterocycles. The number of guanidine groups is 1. The summed E-state index contributed by atoms with van der Waals surface area (Å²) >= 11 is 0. The van der Waals surface area contributed by atoms with Gasteiger partial charge in [0.2, 0.25) is 0 Å². The highest BCUT2D eigenvalue weighted by Crippen LogP contribution is 2.35. The van der Waals surface area contributed by atoms with Crippen LogP contribution in [-0.4, -0.2) is 52.9 Å². The summed E-state index contributed by atoms with van der Waals surface area (Å²) in [4.78, 5) is 6.87. The smallest absolute Gasteiger partial charge is 0.355 e. The van der Waals surface area contributed by atoms with Crippen molar-refractivity contribution in [1.29, 1.82) is 0 Å². The van der Waals surface area contributed by atoms with E-state index in [-0.39, 0.29) is 17.6 Å². The van der Waals surface area contributed by atoms with E-state index >= 15 is 0 Å². The zero-order valence-corrected chi connectivity index (χ0v) is 17.5. The molecule has 164 valence electrons. The van der Waals surface area contributed by atoms with Gasteiger partial charge < -0.3 is 10.6 Å². The minimum atomic E-state index is -4.46. The van der Waals surface area contributed by atoms with Crippen LogP contribution in [0, 0.1) is 0 Å². The minimum absolute atomic E-state index is 0.0269. The first-order chi connectivity index (χ1) is 13.8. The molecule has 6 nitrogen and oxygen atoms in total. The highest BCUT2D eigenvalue weighted by Gasteiger charge is 2.39. The average Bonchev–Trinajstić information content (AvgIpc) is 3.11. The maximum Gasteiger partial charge on any atom is 0.435 e. The van der Waals surface area contributed by atoms with Gasteiger partial charge in [-0.3, -0.25) is 14.6 Å². The third-order valence-corrected chi connectivity index (χ3v) is 6.24. The molecule has 0 amide bonds. The number of aromatic nitrogens is 2. The van der Waals surface area contributed by atoms with Crippen LogP contribution in [0.2, 0.25) is 0 Å². The molecule has 0 bridgehead atoms. The van der Waals surface area contributed by atoms with Crippen molar-refractivity contribution in [2.45, 2.75) is 69.6 Å². The Morgan fingerprint density at radius 1 is 1.10 bits per heavy atom. The summed E-state index contributed by atoms with van der Waals surface area (Å²) in [7, 11) is 3.15. The van der Waals surface area contributed by atoms with Gasteiger partial charge in [-0.25, -0.2) is 0 Å². The first kappa shape index (κ1) is 21.9. The molecule has 0 spiro atoms. The van der Waals surface area contributed by atoms with Gasteiger partial charge in [-0.15, -0.1) is 0 Å². The molecular weight excluding hydrogens is 381 g/mol. The summed E-state index contributed by atoms with van der Waals surface area (Å²) in [5, 5.41) is 10.0. The molecule has 2 N–H and O–H groups in total. The molecule has 1 saturated heterocycles. The predicted molar refractivity (Wildman–Crippen MR) is 108 cm³/mol. The van der Waals surface area contributed by atoms with Crippen molar-refractivity contribution >= 4 is 5.96 Å². The van der Waals surface area contributed by atoms with Gasteiger partial charge in [0.1, 0.15) is 0 Å². The third kappa shape index (κ3) is 5.43. The number of likely N-dealkylation sites (tertiary alicyclic amines) is 1. The zero-order valence-electron chi connectivity index (χ0n) is 17.5. The average molecular weight is 415 g/mol. The first-order valence-corrected chi connectivity index (χ1v) is 10.6. The van der Waals surface area contributed by atoms with E-state index in [1.807, 2.05) is 0 Å². The number of nitrogens with zero attached hydrogens (tertiary/aromatic N) is 4. The van der Waals surface area contributed by atoms with Crippen LogP contribution in [-0.2, 0) is 19.8 Å². The van der Waals surface area contributed by atoms with Crippen LogP contribution < -0.4 is 10.6 Å². The Bertz CT molecular complexity index is 685. The molecule has 9 heteroatoms. The number of rotatable bonds is 5. The van der Waals surface area contributed by atoms with Gasteiger partial charge in [-0.1, -0.05) is 25.7 Å². The lowest BCUT2D eigenvalue weighted by atomic mass is 9.79. The lowest BCUT2D eigenvalue weighted by Crippen LogP contribution is -2.59. The van der Waals surface area contributed by atoms with E-state index in [2.05, 4.69) is 25.6 Å². The zero-order chi connectivity index (χ0) is 20.9. The van der Waals surface area contributed by atoms with Crippen LogP contribution in [0.4, 0.5) is 13.2 Å². The Morgan fingerprint density at radius 3 is 2.38 bits per heavy atom. The molecule has 1 aliphatic heterocycles. The topological polar surface area (TPSA) is 57.5 Å². The van der Waals surface area contributed by atoms with E-state index in [1.54, 1.807) is 7.05 Å². The molecule has 29 heavy (non-hydrogen) atoms. The quantitative estimate of drug-likeness (QED) is 0.574. The van der Waals surface area contributed by atoms with Crippen molar-refractivity contribution in [2.24, 2.45) is 12.0 Å². The molecule has 1 aliphatic carbocycles. The van der Waals surface area contributed by atoms with Gasteiger partial charge in [0, 0.05) is 44.5 Å². The van der Waals surface area contributed by atoms with Crippen LogP contribution in [0.15, 0.2) is 11.2 Å². The van der Waals surface area contributed by atoms with Crippen LogP contribution >= 0.6 is 0 Å². The Labute approximate surface area is 170 Å². The summed E-state index contributed by atoms with van der Waals surface area (Å²) in [6.45, 7) is 3.07. The molecule has 2 fully saturated rings. The largest absolute Gasteiger partial charge is 0.435 e. The van der Waals surface area contributed by atoms with Crippen LogP contribution in [0.3, 0.4) is 0 Å². The number of hydrogen-bond acceptors (Lipinski definition) is 3. The number of aliphatic imine (C=N–C) groups is 1. The van der Waals surface area contributed by atoms with E-state index in [4.69, 9.17) is 0 Å². The fraction of sp³-hybridized carbons (Fsp3) is 0.800. The van der Waals surface area contributed by atoms with E-state index in [1.165, 1.54) is 56.5 Å². The van der Waals surface area contributed by atoms with Crippen LogP contribution in [0.25, 0.3) is 0 Å². The fourth-order valence-corrected chi connectivity index (χ4v) is 4.74. The van der Waals surface area contributed by atoms with E-state index in [9.17, 15) is 13.2 Å². The molecule has 3 rings (SSSR count). The summed E-state index contributed by atoms with van der Waals surface area (Å²) in [6, 6.07) is 0. The molecule has 0 radical (unpaired) electrons. The van der Waals surface area contributed by atoms with Crippen molar-refractivity contribution in [3.63, 3.8) is 0 Å². The maximum atomic E-state index is 13.2. The fourth-order valence-electron chi connectivity index (χ4n) is 4.74. The maximum absolute atomic E-state index is 13.2. The second kappa shape index (κ2) is 9.36. The summed E-state index contributed by atoms with van der Waals surface area (Å²) in [6.07, 6.45) is 6.81. The molecule has 0 unspecified atom stereocenters. The number of hydrogen-bond donors (Lipinski definition) is 2. The number of halogens is 3. The lowest BCUT2D eigenvalue weighted by Gasteiger charge is -2.48. The molecular formula is C20H33F3N6. The van der Waals surface area contributed by atoms with Crippen LogP contribution in [0.5, 0.6) is 0 Å². The molecule has 1 saturated carbocycles. The van der Waals surface area contributed by atoms with Gasteiger partial charge in [0.25, 0.3) is 0 Å². The standard InChI is InChI=1S/C20H33F3N6/c1-24-18(25-13-16-14-28(2)27-17(16)20(21,22)23)26-15-19(9-5-3-6-10-19)29-11-7-4-8-12-29/h14H,3-13,15H2,1-2H3,(H2,24,25,26). The van der Waals surface area contributed by atoms with E-state index in [0.29, 0.717) is 5.96 Å². The van der Waals surface area contributed by atoms with Crippen molar-refractivity contribution in [2.75, 3.05) is 26.7 Å². The number of piperidine rings is 1. The normalized spacial score (nSPS) is 21.2. The number of nitrogens with one attached hydrogen (secondary N) is 2. The Morgan fingerprint density at radius 2 is 1.76 bits per heavy atom. The second-order valence-corrected chi connectivity index (χ2v) is 8.29. The summed E-state index contributed by atoms with van der Waals surface area (Å²) < 4.78 is 40.7. The van der Waals surface area contributed by atoms with Gasteiger partial charge in [-0.05, 0) is 38.8 Å². The van der Waals surface area contributed by atoms with Gasteiger partial charge in [-0.2, -0.15) is 18.3 Å². The first-order valence-electron chi connectivity index (χ1n) is 10.6. The van der Waals surface area contributed by atoms with Gasteiger partial charge in [0.05, 0.1) is 0 Å². The molecule has 0 aromatic carbocycles. The Kier molecular flexibility index (Phi) is 7.08. The predicted octanol–water partition coefficient (Wildman–Crippen LogP) is 3.29. The second-order valence-electron chi connectivity index (χ2n) is 8.29. The Balaban J connectivity index is 1.62. The van der Waals surface area contributed by atoms with Gasteiger partial charge >= 0.3 is 6.18 Å². The van der Waals surface area contributed by atoms with Crippen molar-refractivity contribution < 1.29 is 13.2 Å². The van der Waals surface area contributed by atoms with E-state index in [0.717, 1.165) is 32.5 Å². The summed E-state index contributed by atoms with van der Waals surface area (Å²) in [5.41, 5.74) is -0.603.